The van der Waals surface area contributed by atoms with E-state index in [1.165, 1.54) is 6.92 Å². The molecule has 0 radical (unpaired) electrons. The maximum absolute atomic E-state index is 11.5. The first-order valence-corrected chi connectivity index (χ1v) is 4.92. The third kappa shape index (κ3) is 0.981. The van der Waals surface area contributed by atoms with Gasteiger partial charge in [0.1, 0.15) is 0 Å². The number of furan rings is 2. The first-order chi connectivity index (χ1) is 8.43. The highest BCUT2D eigenvalue weighted by Gasteiger charge is 2.23. The number of rotatable bonds is 0. The van der Waals surface area contributed by atoms with E-state index in [9.17, 15) is 19.2 Å². The van der Waals surface area contributed by atoms with E-state index in [4.69, 9.17) is 5.73 Å². The molecule has 90 valence electrons. The lowest BCUT2D eigenvalue weighted by molar-refractivity contribution is 0.498. The molecular weight excluding hydrogens is 242 g/mol. The number of fused-ring (bicyclic) bond motifs is 2. The summed E-state index contributed by atoms with van der Waals surface area (Å²) in [5.41, 5.74) is 1.96. The monoisotopic (exact) mass is 247 g/mol. The highest BCUT2D eigenvalue weighted by atomic mass is 16.4. The zero-order chi connectivity index (χ0) is 13.2. The van der Waals surface area contributed by atoms with E-state index in [0.717, 1.165) is 0 Å². The van der Waals surface area contributed by atoms with Crippen molar-refractivity contribution in [1.29, 1.82) is 0 Å². The lowest BCUT2D eigenvalue weighted by Crippen LogP contribution is -2.03. The Morgan fingerprint density at radius 2 is 1.06 bits per heavy atom. The van der Waals surface area contributed by atoms with Gasteiger partial charge in [0.2, 0.25) is 0 Å². The molecule has 0 amide bonds. The molecule has 3 aromatic rings. The summed E-state index contributed by atoms with van der Waals surface area (Å²) in [7, 11) is 0. The van der Waals surface area contributed by atoms with Crippen molar-refractivity contribution in [2.24, 2.45) is 0 Å². The Morgan fingerprint density at radius 3 is 1.44 bits per heavy atom. The summed E-state index contributed by atoms with van der Waals surface area (Å²) in [5.74, 6) is 0. The Labute approximate surface area is 96.7 Å². The minimum atomic E-state index is -0.925. The minimum Gasteiger partial charge on any atom is -0.397 e. The van der Waals surface area contributed by atoms with Crippen LogP contribution in [0, 0.1) is 6.92 Å². The summed E-state index contributed by atoms with van der Waals surface area (Å²) in [5, 5.41) is -0.517. The van der Waals surface area contributed by atoms with Gasteiger partial charge in [-0.15, -0.1) is 0 Å². The van der Waals surface area contributed by atoms with Crippen molar-refractivity contribution < 1.29 is 8.83 Å². The number of nitrogens with two attached hydrogens (primary N) is 1. The molecule has 0 aliphatic heterocycles. The predicted octanol–water partition coefficient (Wildman–Crippen LogP) is -0.614. The lowest BCUT2D eigenvalue weighted by atomic mass is 10.0. The second-order valence-electron chi connectivity index (χ2n) is 3.89. The second kappa shape index (κ2) is 2.95. The van der Waals surface area contributed by atoms with E-state index < -0.39 is 22.5 Å². The van der Waals surface area contributed by atoms with Gasteiger partial charge in [-0.2, -0.15) is 0 Å². The fourth-order valence-electron chi connectivity index (χ4n) is 2.20. The van der Waals surface area contributed by atoms with E-state index in [1.807, 2.05) is 0 Å². The van der Waals surface area contributed by atoms with Crippen LogP contribution < -0.4 is 28.2 Å². The lowest BCUT2D eigenvalue weighted by Gasteiger charge is -1.98. The average Bonchev–Trinajstić information content (AvgIpc) is 2.73. The zero-order valence-electron chi connectivity index (χ0n) is 9.03. The Balaban J connectivity index is 2.94. The van der Waals surface area contributed by atoms with Gasteiger partial charge >= 0.3 is 22.5 Å². The molecule has 0 saturated heterocycles. The van der Waals surface area contributed by atoms with Crippen LogP contribution in [-0.4, -0.2) is 0 Å². The minimum absolute atomic E-state index is 0.0806. The number of nitrogen functional groups attached to an aromatic ring is 1. The molecule has 0 unspecified atom stereocenters. The van der Waals surface area contributed by atoms with Gasteiger partial charge in [-0.05, 0) is 12.5 Å². The molecule has 2 heterocycles. The third-order valence-corrected chi connectivity index (χ3v) is 2.98. The summed E-state index contributed by atoms with van der Waals surface area (Å²) in [6, 6.07) is 0. The molecule has 7 heteroatoms. The molecular formula is C11H5NO6. The molecule has 7 nitrogen and oxygen atoms in total. The van der Waals surface area contributed by atoms with E-state index in [-0.39, 0.29) is 32.8 Å². The van der Waals surface area contributed by atoms with Crippen LogP contribution in [0.25, 0.3) is 21.5 Å². The Kier molecular flexibility index (Phi) is 1.71. The number of aryl methyl sites for hydroxylation is 1. The van der Waals surface area contributed by atoms with Crippen LogP contribution >= 0.6 is 0 Å². The SMILES string of the molecule is Cc1c2c(=O)oc(=O)c2c(N)c2c(=O)oc(=O)c12. The Hall–Kier alpha value is -2.70. The fraction of sp³-hybridized carbons (Fsp3) is 0.0909. The Morgan fingerprint density at radius 1 is 0.722 bits per heavy atom. The molecule has 0 aliphatic carbocycles. The predicted molar refractivity (Wildman–Crippen MR) is 62.6 cm³/mol. The van der Waals surface area contributed by atoms with Crippen LogP contribution in [-0.2, 0) is 0 Å². The van der Waals surface area contributed by atoms with Crippen LogP contribution in [0.5, 0.6) is 0 Å². The summed E-state index contributed by atoms with van der Waals surface area (Å²) in [6.45, 7) is 1.43. The topological polar surface area (TPSA) is 121 Å². The number of benzene rings is 1. The molecule has 0 fully saturated rings. The maximum Gasteiger partial charge on any atom is 0.349 e. The molecule has 18 heavy (non-hydrogen) atoms. The quantitative estimate of drug-likeness (QED) is 0.525. The van der Waals surface area contributed by atoms with Crippen LogP contribution in [0.15, 0.2) is 28.0 Å². The van der Waals surface area contributed by atoms with Crippen molar-refractivity contribution in [1.82, 2.24) is 0 Å². The molecule has 0 atom stereocenters. The standard InChI is InChI=1S/C11H5NO6/c1-2-3-5(10(15)17-8(3)13)7(12)6-4(2)9(14)18-11(6)16/h12H2,1H3. The van der Waals surface area contributed by atoms with Gasteiger partial charge in [-0.25, -0.2) is 19.2 Å². The van der Waals surface area contributed by atoms with Gasteiger partial charge in [0.15, 0.2) is 0 Å². The first kappa shape index (κ1) is 10.5. The highest BCUT2D eigenvalue weighted by Crippen LogP contribution is 2.27. The maximum atomic E-state index is 11.5. The van der Waals surface area contributed by atoms with Gasteiger partial charge in [0.25, 0.3) is 0 Å². The molecule has 0 saturated carbocycles. The van der Waals surface area contributed by atoms with Gasteiger partial charge in [-0.1, -0.05) is 0 Å². The normalized spacial score (nSPS) is 11.6. The second-order valence-corrected chi connectivity index (χ2v) is 3.89. The van der Waals surface area contributed by atoms with Crippen LogP contribution in [0.1, 0.15) is 5.56 Å². The molecule has 0 aliphatic rings. The van der Waals surface area contributed by atoms with Crippen molar-refractivity contribution in [3.63, 3.8) is 0 Å². The molecule has 0 bridgehead atoms. The van der Waals surface area contributed by atoms with E-state index in [2.05, 4.69) is 8.83 Å². The molecule has 2 aromatic heterocycles. The number of anilines is 1. The molecule has 0 spiro atoms. The molecule has 3 rings (SSSR count). The van der Waals surface area contributed by atoms with Gasteiger partial charge in [0.05, 0.1) is 27.2 Å². The Bertz CT molecular complexity index is 854. The number of hydrogen-bond acceptors (Lipinski definition) is 7. The number of hydrogen-bond donors (Lipinski definition) is 1. The summed E-state index contributed by atoms with van der Waals surface area (Å²) in [6.07, 6.45) is 0. The average molecular weight is 247 g/mol. The van der Waals surface area contributed by atoms with Crippen molar-refractivity contribution in [3.05, 3.63) is 47.2 Å². The van der Waals surface area contributed by atoms with E-state index >= 15 is 0 Å². The smallest absolute Gasteiger partial charge is 0.349 e. The summed E-state index contributed by atoms with van der Waals surface area (Å²) in [4.78, 5) is 46.0. The van der Waals surface area contributed by atoms with Gasteiger partial charge in [0, 0.05) is 0 Å². The van der Waals surface area contributed by atoms with Crippen molar-refractivity contribution >= 4 is 27.2 Å². The van der Waals surface area contributed by atoms with Crippen LogP contribution in [0.4, 0.5) is 5.69 Å². The summed E-state index contributed by atoms with van der Waals surface area (Å²) >= 11 is 0. The first-order valence-electron chi connectivity index (χ1n) is 4.92. The van der Waals surface area contributed by atoms with Crippen LogP contribution in [0.2, 0.25) is 0 Å². The zero-order valence-corrected chi connectivity index (χ0v) is 9.03. The van der Waals surface area contributed by atoms with Crippen molar-refractivity contribution in [2.75, 3.05) is 5.73 Å². The third-order valence-electron chi connectivity index (χ3n) is 2.98. The van der Waals surface area contributed by atoms with Crippen LogP contribution in [0.3, 0.4) is 0 Å². The fourth-order valence-corrected chi connectivity index (χ4v) is 2.20. The highest BCUT2D eigenvalue weighted by molar-refractivity contribution is 6.11. The van der Waals surface area contributed by atoms with Crippen molar-refractivity contribution in [3.8, 4) is 0 Å². The van der Waals surface area contributed by atoms with Crippen molar-refractivity contribution in [2.45, 2.75) is 6.92 Å². The van der Waals surface area contributed by atoms with E-state index in [1.54, 1.807) is 0 Å². The summed E-state index contributed by atoms with van der Waals surface area (Å²) < 4.78 is 8.84. The van der Waals surface area contributed by atoms with E-state index in [0.29, 0.717) is 0 Å². The van der Waals surface area contributed by atoms with Gasteiger partial charge < -0.3 is 14.6 Å². The molecule has 2 N–H and O–H groups in total. The molecule has 1 aromatic carbocycles. The van der Waals surface area contributed by atoms with Gasteiger partial charge in [-0.3, -0.25) is 0 Å². The largest absolute Gasteiger partial charge is 0.397 e.